The number of nitrogens with zero attached hydrogens (tertiary/aromatic N) is 1. The molecule has 0 unspecified atom stereocenters. The third-order valence-corrected chi connectivity index (χ3v) is 5.62. The van der Waals surface area contributed by atoms with Crippen molar-refractivity contribution in [3.05, 3.63) is 11.4 Å². The van der Waals surface area contributed by atoms with E-state index >= 15 is 0 Å². The lowest BCUT2D eigenvalue weighted by molar-refractivity contribution is -0.153. The van der Waals surface area contributed by atoms with Gasteiger partial charge in [-0.05, 0) is 19.3 Å². The van der Waals surface area contributed by atoms with Crippen molar-refractivity contribution in [1.82, 2.24) is 0 Å². The fourth-order valence-electron chi connectivity index (χ4n) is 3.37. The topological polar surface area (TPSA) is 22.8 Å². The van der Waals surface area contributed by atoms with Crippen LogP contribution in [0.2, 0.25) is 0 Å². The second-order valence-electron chi connectivity index (χ2n) is 5.97. The minimum Gasteiger partial charge on any atom is -0.372 e. The summed E-state index contributed by atoms with van der Waals surface area (Å²) in [5.74, 6) is 0. The summed E-state index contributed by atoms with van der Waals surface area (Å²) in [4.78, 5) is 3.60. The fourth-order valence-corrected chi connectivity index (χ4v) is 4.35. The van der Waals surface area contributed by atoms with Gasteiger partial charge in [-0.1, -0.05) is 35.9 Å². The summed E-state index contributed by atoms with van der Waals surface area (Å²) in [5, 5.41) is 0. The summed E-state index contributed by atoms with van der Waals surface area (Å²) in [6.45, 7) is 11.3. The van der Waals surface area contributed by atoms with E-state index in [1.54, 1.807) is 0 Å². The van der Waals surface area contributed by atoms with Gasteiger partial charge in [0.05, 0.1) is 18.3 Å². The summed E-state index contributed by atoms with van der Waals surface area (Å²) >= 11 is 2.44. The maximum Gasteiger partial charge on any atom is 0.223 e. The molecule has 2 heterocycles. The first-order chi connectivity index (χ1) is 9.13. The van der Waals surface area contributed by atoms with Gasteiger partial charge in [0.15, 0.2) is 0 Å². The molecular formula is C15H24INO2. The van der Waals surface area contributed by atoms with Crippen LogP contribution in [0.5, 0.6) is 0 Å². The predicted octanol–water partition coefficient (Wildman–Crippen LogP) is 3.99. The van der Waals surface area contributed by atoms with Crippen LogP contribution in [-0.2, 0) is 9.47 Å². The van der Waals surface area contributed by atoms with Crippen LogP contribution < -0.4 is 0 Å². The van der Waals surface area contributed by atoms with Gasteiger partial charge in [-0.25, -0.2) is 6.57 Å². The molecule has 0 N–H and O–H groups in total. The second kappa shape index (κ2) is 6.73. The molecular weight excluding hydrogens is 353 g/mol. The summed E-state index contributed by atoms with van der Waals surface area (Å²) < 4.78 is 13.6. The molecule has 2 aliphatic heterocycles. The van der Waals surface area contributed by atoms with Crippen molar-refractivity contribution in [2.75, 3.05) is 4.43 Å². The van der Waals surface area contributed by atoms with E-state index in [0.29, 0.717) is 6.10 Å². The van der Waals surface area contributed by atoms with Crippen LogP contribution in [0.4, 0.5) is 0 Å². The highest BCUT2D eigenvalue weighted by atomic mass is 127. The van der Waals surface area contributed by atoms with Crippen LogP contribution in [0.3, 0.4) is 0 Å². The van der Waals surface area contributed by atoms with E-state index in [1.165, 1.54) is 6.42 Å². The molecule has 0 bridgehead atoms. The van der Waals surface area contributed by atoms with Crippen LogP contribution >= 0.6 is 22.6 Å². The SMILES string of the molecule is [C-]#[N+][C@H](C)C[C@H]1CC[C@@H]2O[C@@H](CCC)C[C@]2(CI)O1. The Hall–Kier alpha value is 0.140. The van der Waals surface area contributed by atoms with Crippen molar-refractivity contribution in [3.8, 4) is 0 Å². The van der Waals surface area contributed by atoms with Gasteiger partial charge in [0.1, 0.15) is 5.60 Å². The first-order valence-corrected chi connectivity index (χ1v) is 8.92. The highest BCUT2D eigenvalue weighted by Gasteiger charge is 2.52. The monoisotopic (exact) mass is 377 g/mol. The third kappa shape index (κ3) is 3.43. The third-order valence-electron chi connectivity index (χ3n) is 4.33. The Bertz CT molecular complexity index is 344. The molecule has 2 aliphatic rings. The molecule has 0 aromatic heterocycles. The molecule has 108 valence electrons. The minimum atomic E-state index is -0.0783. The van der Waals surface area contributed by atoms with Crippen molar-refractivity contribution in [3.63, 3.8) is 0 Å². The Morgan fingerprint density at radius 3 is 2.84 bits per heavy atom. The van der Waals surface area contributed by atoms with Crippen LogP contribution in [0.1, 0.15) is 52.4 Å². The van der Waals surface area contributed by atoms with Crippen LogP contribution in [-0.4, -0.2) is 34.4 Å². The molecule has 0 amide bonds. The van der Waals surface area contributed by atoms with E-state index in [4.69, 9.17) is 16.0 Å². The Kier molecular flexibility index (Phi) is 5.50. The fraction of sp³-hybridized carbons (Fsp3) is 0.933. The smallest absolute Gasteiger partial charge is 0.223 e. The quantitative estimate of drug-likeness (QED) is 0.411. The van der Waals surface area contributed by atoms with Crippen molar-refractivity contribution in [2.45, 2.75) is 82.3 Å². The Morgan fingerprint density at radius 1 is 1.42 bits per heavy atom. The van der Waals surface area contributed by atoms with E-state index < -0.39 is 0 Å². The average Bonchev–Trinajstić information content (AvgIpc) is 2.77. The Balaban J connectivity index is 2.00. The lowest BCUT2D eigenvalue weighted by Crippen LogP contribution is -2.50. The molecule has 4 heteroatoms. The van der Waals surface area contributed by atoms with Crippen molar-refractivity contribution < 1.29 is 9.47 Å². The molecule has 3 nitrogen and oxygen atoms in total. The standard InChI is InChI=1S/C15H24INO2/c1-4-5-13-9-15(10-16)14(18-13)7-6-12(19-15)8-11(2)17-3/h11-14H,4-10H2,1-2H3/t11-,12-,13+,14+,15-/m1/s1. The zero-order chi connectivity index (χ0) is 13.9. The molecule has 0 spiro atoms. The zero-order valence-electron chi connectivity index (χ0n) is 11.9. The number of alkyl halides is 1. The van der Waals surface area contributed by atoms with Gasteiger partial charge in [0, 0.05) is 24.2 Å². The van der Waals surface area contributed by atoms with Gasteiger partial charge in [-0.2, -0.15) is 0 Å². The Labute approximate surface area is 130 Å². The molecule has 0 saturated carbocycles. The molecule has 2 saturated heterocycles. The van der Waals surface area contributed by atoms with E-state index in [0.717, 1.165) is 36.5 Å². The van der Waals surface area contributed by atoms with E-state index in [9.17, 15) is 0 Å². The van der Waals surface area contributed by atoms with Crippen LogP contribution in [0.15, 0.2) is 0 Å². The largest absolute Gasteiger partial charge is 0.372 e. The molecule has 2 rings (SSSR count). The number of rotatable bonds is 5. The molecule has 2 fully saturated rings. The first-order valence-electron chi connectivity index (χ1n) is 7.39. The van der Waals surface area contributed by atoms with Gasteiger partial charge >= 0.3 is 0 Å². The first kappa shape index (κ1) is 15.5. The maximum absolute atomic E-state index is 7.10. The lowest BCUT2D eigenvalue weighted by Gasteiger charge is -2.41. The molecule has 0 aromatic rings. The highest BCUT2D eigenvalue weighted by Crippen LogP contribution is 2.44. The van der Waals surface area contributed by atoms with Crippen molar-refractivity contribution in [2.24, 2.45) is 0 Å². The van der Waals surface area contributed by atoms with Crippen molar-refractivity contribution >= 4 is 22.6 Å². The molecule has 5 atom stereocenters. The average molecular weight is 377 g/mol. The number of ether oxygens (including phenoxy) is 2. The van der Waals surface area contributed by atoms with E-state index in [2.05, 4.69) is 34.4 Å². The number of fused-ring (bicyclic) bond motifs is 1. The van der Waals surface area contributed by atoms with Gasteiger partial charge in [0.2, 0.25) is 6.04 Å². The van der Waals surface area contributed by atoms with Gasteiger partial charge in [0.25, 0.3) is 0 Å². The Morgan fingerprint density at radius 2 is 2.21 bits per heavy atom. The van der Waals surface area contributed by atoms with E-state index in [1.807, 2.05) is 6.92 Å². The minimum absolute atomic E-state index is 0.0709. The normalized spacial score (nSPS) is 39.6. The van der Waals surface area contributed by atoms with E-state index in [-0.39, 0.29) is 23.9 Å². The van der Waals surface area contributed by atoms with Gasteiger partial charge in [-0.3, -0.25) is 0 Å². The second-order valence-corrected chi connectivity index (χ2v) is 6.73. The number of halogens is 1. The lowest BCUT2D eigenvalue weighted by atomic mass is 9.86. The van der Waals surface area contributed by atoms with Crippen LogP contribution in [0, 0.1) is 6.57 Å². The molecule has 0 aliphatic carbocycles. The molecule has 19 heavy (non-hydrogen) atoms. The summed E-state index contributed by atoms with van der Waals surface area (Å²) in [7, 11) is 0. The number of hydrogen-bond acceptors (Lipinski definition) is 2. The van der Waals surface area contributed by atoms with Gasteiger partial charge in [-0.15, -0.1) is 0 Å². The summed E-state index contributed by atoms with van der Waals surface area (Å²) in [5.41, 5.74) is -0.0783. The molecule has 0 radical (unpaired) electrons. The predicted molar refractivity (Wildman–Crippen MR) is 84.6 cm³/mol. The van der Waals surface area contributed by atoms with Crippen LogP contribution in [0.25, 0.3) is 4.85 Å². The number of hydrogen-bond donors (Lipinski definition) is 0. The maximum atomic E-state index is 7.10. The molecule has 0 aromatic carbocycles. The zero-order valence-corrected chi connectivity index (χ0v) is 14.1. The highest BCUT2D eigenvalue weighted by molar-refractivity contribution is 14.1. The van der Waals surface area contributed by atoms with Crippen molar-refractivity contribution in [1.29, 1.82) is 0 Å². The van der Waals surface area contributed by atoms with Gasteiger partial charge < -0.3 is 14.3 Å². The summed E-state index contributed by atoms with van der Waals surface area (Å²) in [6.07, 6.45) is 7.26. The summed E-state index contributed by atoms with van der Waals surface area (Å²) in [6, 6.07) is 0.0709.